The summed E-state index contributed by atoms with van der Waals surface area (Å²) in [6.07, 6.45) is -0.798. The maximum atomic E-state index is 15.5. The summed E-state index contributed by atoms with van der Waals surface area (Å²) in [5.41, 5.74) is 3.10. The van der Waals surface area contributed by atoms with E-state index in [0.717, 1.165) is 5.56 Å². The fourth-order valence-electron chi connectivity index (χ4n) is 6.50. The number of rotatable bonds is 5. The molecular formula is C32H32F2N6O4. The van der Waals surface area contributed by atoms with Crippen LogP contribution in [0.3, 0.4) is 0 Å². The molecule has 2 aromatic heterocycles. The number of hydrogen-bond donors (Lipinski definition) is 1. The first-order valence-electron chi connectivity index (χ1n) is 14.8. The molecule has 1 N–H and O–H groups in total. The monoisotopic (exact) mass is 602 g/mol. The molecule has 0 radical (unpaired) electrons. The zero-order valence-corrected chi connectivity index (χ0v) is 24.2. The van der Waals surface area contributed by atoms with E-state index in [-0.39, 0.29) is 23.8 Å². The van der Waals surface area contributed by atoms with E-state index in [0.29, 0.717) is 74.2 Å². The van der Waals surface area contributed by atoms with Crippen LogP contribution in [0, 0.1) is 11.7 Å². The minimum absolute atomic E-state index is 0.0803. The second-order valence-electron chi connectivity index (χ2n) is 11.6. The number of benzene rings is 2. The first-order valence-corrected chi connectivity index (χ1v) is 14.8. The highest BCUT2D eigenvalue weighted by Gasteiger charge is 2.35. The molecule has 3 aliphatic rings. The van der Waals surface area contributed by atoms with Gasteiger partial charge in [-0.05, 0) is 42.7 Å². The lowest BCUT2D eigenvalue weighted by molar-refractivity contribution is -0.140. The van der Waals surface area contributed by atoms with Gasteiger partial charge in [0.15, 0.2) is 5.65 Å². The average molecular weight is 603 g/mol. The smallest absolute Gasteiger partial charge is 0.308 e. The number of carbonyl (C=O) groups excluding carboxylic acids is 1. The molecule has 7 rings (SSSR count). The third-order valence-corrected chi connectivity index (χ3v) is 8.96. The Morgan fingerprint density at radius 3 is 2.48 bits per heavy atom. The van der Waals surface area contributed by atoms with E-state index in [4.69, 9.17) is 9.84 Å². The Morgan fingerprint density at radius 2 is 1.75 bits per heavy atom. The zero-order chi connectivity index (χ0) is 30.5. The zero-order valence-electron chi connectivity index (χ0n) is 24.2. The highest BCUT2D eigenvalue weighted by atomic mass is 19.1. The van der Waals surface area contributed by atoms with Crippen molar-refractivity contribution < 1.29 is 28.2 Å². The molecule has 2 aromatic carbocycles. The summed E-state index contributed by atoms with van der Waals surface area (Å²) in [6.45, 7) is 4.81. The van der Waals surface area contributed by atoms with E-state index in [1.54, 1.807) is 40.9 Å². The van der Waals surface area contributed by atoms with Gasteiger partial charge in [0.1, 0.15) is 23.5 Å². The second kappa shape index (κ2) is 11.2. The largest absolute Gasteiger partial charge is 0.481 e. The van der Waals surface area contributed by atoms with Crippen molar-refractivity contribution in [2.45, 2.75) is 25.6 Å². The fourth-order valence-corrected chi connectivity index (χ4v) is 6.50. The molecule has 228 valence electrons. The Morgan fingerprint density at radius 1 is 0.977 bits per heavy atom. The van der Waals surface area contributed by atoms with E-state index in [1.165, 1.54) is 11.0 Å². The number of alkyl halides is 1. The quantitative estimate of drug-likeness (QED) is 0.356. The van der Waals surface area contributed by atoms with Crippen LogP contribution in [-0.2, 0) is 9.53 Å². The number of hydrogen-bond acceptors (Lipinski definition) is 7. The van der Waals surface area contributed by atoms with Gasteiger partial charge in [-0.3, -0.25) is 9.59 Å². The van der Waals surface area contributed by atoms with Gasteiger partial charge in [0.25, 0.3) is 5.91 Å². The number of carbonyl (C=O) groups is 2. The Balaban J connectivity index is 1.25. The van der Waals surface area contributed by atoms with Gasteiger partial charge >= 0.3 is 5.97 Å². The highest BCUT2D eigenvalue weighted by Crippen LogP contribution is 2.38. The summed E-state index contributed by atoms with van der Waals surface area (Å²) < 4.78 is 37.9. The van der Waals surface area contributed by atoms with Gasteiger partial charge in [-0.2, -0.15) is 9.61 Å². The lowest BCUT2D eigenvalue weighted by Gasteiger charge is -2.37. The lowest BCUT2D eigenvalue weighted by atomic mass is 9.92. The number of fused-ring (bicyclic) bond motifs is 2. The van der Waals surface area contributed by atoms with Crippen LogP contribution < -0.4 is 9.80 Å². The van der Waals surface area contributed by atoms with Crippen molar-refractivity contribution >= 4 is 29.0 Å². The maximum absolute atomic E-state index is 15.5. The van der Waals surface area contributed by atoms with E-state index in [9.17, 15) is 14.7 Å². The number of amides is 1. The molecule has 5 heterocycles. The fraction of sp³-hybridized carbons (Fsp3) is 0.375. The van der Waals surface area contributed by atoms with Crippen LogP contribution in [0.2, 0.25) is 0 Å². The molecule has 0 aliphatic carbocycles. The maximum Gasteiger partial charge on any atom is 0.308 e. The average Bonchev–Trinajstić information content (AvgIpc) is 3.71. The minimum atomic E-state index is -1.31. The summed E-state index contributed by atoms with van der Waals surface area (Å²) in [5.74, 6) is -1.60. The Labute approximate surface area is 252 Å². The highest BCUT2D eigenvalue weighted by molar-refractivity contribution is 5.94. The predicted octanol–water partition coefficient (Wildman–Crippen LogP) is 4.51. The molecule has 3 atom stereocenters. The van der Waals surface area contributed by atoms with Gasteiger partial charge in [0, 0.05) is 49.6 Å². The molecule has 0 bridgehead atoms. The summed E-state index contributed by atoms with van der Waals surface area (Å²) in [7, 11) is 0. The molecule has 10 nitrogen and oxygen atoms in total. The van der Waals surface area contributed by atoms with Crippen molar-refractivity contribution in [1.29, 1.82) is 0 Å². The van der Waals surface area contributed by atoms with E-state index in [2.05, 4.69) is 4.98 Å². The van der Waals surface area contributed by atoms with Crippen molar-refractivity contribution in [3.05, 3.63) is 77.2 Å². The number of ether oxygens (including phenoxy) is 1. The third-order valence-electron chi connectivity index (χ3n) is 8.96. The van der Waals surface area contributed by atoms with Crippen LogP contribution >= 0.6 is 0 Å². The van der Waals surface area contributed by atoms with Gasteiger partial charge in [-0.25, -0.2) is 13.8 Å². The molecule has 2 saturated heterocycles. The molecule has 0 saturated carbocycles. The molecule has 4 aromatic rings. The van der Waals surface area contributed by atoms with Gasteiger partial charge in [0.05, 0.1) is 37.4 Å². The van der Waals surface area contributed by atoms with Crippen molar-refractivity contribution in [1.82, 2.24) is 19.5 Å². The van der Waals surface area contributed by atoms with Crippen LogP contribution in [-0.4, -0.2) is 82.4 Å². The van der Waals surface area contributed by atoms with Gasteiger partial charge in [-0.1, -0.05) is 24.3 Å². The topological polar surface area (TPSA) is 104 Å². The van der Waals surface area contributed by atoms with Crippen LogP contribution in [0.15, 0.2) is 54.6 Å². The normalized spacial score (nSPS) is 22.0. The predicted molar refractivity (Wildman–Crippen MR) is 159 cm³/mol. The van der Waals surface area contributed by atoms with Crippen LogP contribution in [0.1, 0.15) is 47.2 Å². The van der Waals surface area contributed by atoms with Gasteiger partial charge < -0.3 is 24.5 Å². The molecule has 3 aliphatic heterocycles. The first kappa shape index (κ1) is 28.2. The molecule has 12 heteroatoms. The van der Waals surface area contributed by atoms with Crippen LogP contribution in [0.4, 0.5) is 20.3 Å². The number of carboxylic acid groups (broad SMARTS) is 1. The van der Waals surface area contributed by atoms with Crippen LogP contribution in [0.5, 0.6) is 0 Å². The molecular weight excluding hydrogens is 570 g/mol. The van der Waals surface area contributed by atoms with Crippen molar-refractivity contribution in [2.24, 2.45) is 5.92 Å². The first-order chi connectivity index (χ1) is 21.3. The molecule has 0 spiro atoms. The van der Waals surface area contributed by atoms with E-state index >= 15 is 8.78 Å². The Kier molecular flexibility index (Phi) is 7.16. The van der Waals surface area contributed by atoms with E-state index in [1.807, 2.05) is 28.9 Å². The summed E-state index contributed by atoms with van der Waals surface area (Å²) in [4.78, 5) is 35.4. The molecule has 0 unspecified atom stereocenters. The third kappa shape index (κ3) is 4.92. The number of halogens is 2. The molecule has 1 amide bonds. The van der Waals surface area contributed by atoms with Crippen LogP contribution in [0.25, 0.3) is 16.9 Å². The Bertz CT molecular complexity index is 1760. The lowest BCUT2D eigenvalue weighted by Crippen LogP contribution is -2.41. The number of carboxylic acids is 1. The summed E-state index contributed by atoms with van der Waals surface area (Å²) in [6, 6.07) is 15.0. The summed E-state index contributed by atoms with van der Waals surface area (Å²) in [5, 5.41) is 14.0. The van der Waals surface area contributed by atoms with Gasteiger partial charge in [0.2, 0.25) is 0 Å². The second-order valence-corrected chi connectivity index (χ2v) is 11.6. The van der Waals surface area contributed by atoms with Crippen molar-refractivity contribution in [2.75, 3.05) is 55.7 Å². The van der Waals surface area contributed by atoms with Gasteiger partial charge in [-0.15, -0.1) is 0 Å². The number of aromatic nitrogens is 3. The van der Waals surface area contributed by atoms with Crippen molar-refractivity contribution in [3.63, 3.8) is 0 Å². The SMILES string of the molecule is C[C@@H]1c2ccccc2[C@H](F)CN1C(=O)c1cc(N2CCOCC2)n2nc(-c3ccc(N4CC[C@H](C(=O)O)C4)cc3F)cc2n1. The number of anilines is 2. The molecule has 2 fully saturated rings. The number of morpholine rings is 1. The molecule has 44 heavy (non-hydrogen) atoms. The standard InChI is InChI=1S/C32H32F2N6O4/c1-19-22-4-2-3-5-23(22)26(34)18-39(19)31(41)28-16-30(37-10-12-44-13-11-37)40-29(35-28)15-27(36-40)24-7-6-21(14-25(24)33)38-9-8-20(17-38)32(42)43/h2-7,14-16,19-20,26H,8-13,17-18H2,1H3,(H,42,43)/t19-,20+,26-/m1/s1. The number of nitrogens with zero attached hydrogens (tertiary/aromatic N) is 6. The Hall–Kier alpha value is -4.58. The van der Waals surface area contributed by atoms with Crippen molar-refractivity contribution in [3.8, 4) is 11.3 Å². The summed E-state index contributed by atoms with van der Waals surface area (Å²) >= 11 is 0. The number of aliphatic carboxylic acids is 1. The minimum Gasteiger partial charge on any atom is -0.481 e. The van der Waals surface area contributed by atoms with E-state index < -0.39 is 29.8 Å².